The topological polar surface area (TPSA) is 85.8 Å². The predicted molar refractivity (Wildman–Crippen MR) is 155 cm³/mol. The Balaban J connectivity index is 1.19. The van der Waals surface area contributed by atoms with Gasteiger partial charge in [0.1, 0.15) is 6.29 Å². The summed E-state index contributed by atoms with van der Waals surface area (Å²) >= 11 is 6.11. The summed E-state index contributed by atoms with van der Waals surface area (Å²) in [6.07, 6.45) is 3.67. The van der Waals surface area contributed by atoms with E-state index in [9.17, 15) is 14.7 Å². The molecule has 2 heterocycles. The monoisotopic (exact) mass is 542 g/mol. The molecule has 1 atom stereocenters. The van der Waals surface area contributed by atoms with Crippen LogP contribution < -0.4 is 5.32 Å². The van der Waals surface area contributed by atoms with Gasteiger partial charge in [0.2, 0.25) is 0 Å². The van der Waals surface area contributed by atoms with Crippen molar-refractivity contribution in [2.45, 2.75) is 12.5 Å². The smallest absolute Gasteiger partial charge is 0.335 e. The molecule has 1 fully saturated rings. The second-order valence-corrected chi connectivity index (χ2v) is 10.2. The van der Waals surface area contributed by atoms with Crippen LogP contribution in [0, 0.1) is 0 Å². The fourth-order valence-corrected chi connectivity index (χ4v) is 5.39. The Bertz CT molecular complexity index is 1430. The van der Waals surface area contributed by atoms with E-state index in [-0.39, 0.29) is 11.6 Å². The van der Waals surface area contributed by atoms with Crippen LogP contribution in [0.1, 0.15) is 44.3 Å². The molecule has 0 aliphatic carbocycles. The van der Waals surface area contributed by atoms with Crippen molar-refractivity contribution >= 4 is 40.4 Å². The number of fused-ring (bicyclic) bond motifs is 1. The highest BCUT2D eigenvalue weighted by atomic mass is 35.5. The number of aromatic carboxylic acids is 1. The minimum Gasteiger partial charge on any atom is -0.478 e. The van der Waals surface area contributed by atoms with E-state index in [1.807, 2.05) is 60.7 Å². The van der Waals surface area contributed by atoms with Crippen molar-refractivity contribution in [3.05, 3.63) is 106 Å². The van der Waals surface area contributed by atoms with Crippen LogP contribution in [0.15, 0.2) is 79.0 Å². The molecule has 2 N–H and O–H groups in total. The molecule has 5 rings (SSSR count). The third-order valence-electron chi connectivity index (χ3n) is 7.31. The number of benzene rings is 3. The molecule has 1 aliphatic heterocycles. The van der Waals surface area contributed by atoms with Gasteiger partial charge in [0.05, 0.1) is 17.1 Å². The summed E-state index contributed by atoms with van der Waals surface area (Å²) in [7, 11) is 0. The van der Waals surface area contributed by atoms with Crippen molar-refractivity contribution in [1.29, 1.82) is 0 Å². The maximum absolute atomic E-state index is 11.4. The lowest BCUT2D eigenvalue weighted by Gasteiger charge is -2.40. The number of pyridine rings is 1. The van der Waals surface area contributed by atoms with Gasteiger partial charge in [-0.05, 0) is 60.5 Å². The second-order valence-electron chi connectivity index (χ2n) is 9.79. The lowest BCUT2D eigenvalue weighted by molar-refractivity contribution is 0.0696. The molecular formula is C31H31ClN4O3. The third kappa shape index (κ3) is 6.45. The Morgan fingerprint density at radius 3 is 2.33 bits per heavy atom. The van der Waals surface area contributed by atoms with Gasteiger partial charge < -0.3 is 15.3 Å². The maximum Gasteiger partial charge on any atom is 0.335 e. The van der Waals surface area contributed by atoms with Gasteiger partial charge in [-0.1, -0.05) is 48.0 Å². The van der Waals surface area contributed by atoms with Crippen LogP contribution in [0.2, 0.25) is 5.02 Å². The average Bonchev–Trinajstić information content (AvgIpc) is 2.96. The van der Waals surface area contributed by atoms with Gasteiger partial charge in [-0.2, -0.15) is 0 Å². The molecule has 200 valence electrons. The highest BCUT2D eigenvalue weighted by Gasteiger charge is 2.26. The molecule has 1 aliphatic rings. The van der Waals surface area contributed by atoms with Gasteiger partial charge in [0.15, 0.2) is 0 Å². The molecule has 0 radical (unpaired) electrons. The lowest BCUT2D eigenvalue weighted by atomic mass is 9.94. The molecule has 0 spiro atoms. The fraction of sp³-hybridized carbons (Fsp3) is 0.258. The summed E-state index contributed by atoms with van der Waals surface area (Å²) in [6.45, 7) is 5.55. The van der Waals surface area contributed by atoms with Crippen LogP contribution in [-0.2, 0) is 0 Å². The predicted octanol–water partition coefficient (Wildman–Crippen LogP) is 5.61. The quantitative estimate of drug-likeness (QED) is 0.199. The van der Waals surface area contributed by atoms with Gasteiger partial charge in [-0.3, -0.25) is 14.7 Å². The molecule has 39 heavy (non-hydrogen) atoms. The number of carboxylic acids is 1. The van der Waals surface area contributed by atoms with Crippen molar-refractivity contribution in [2.75, 3.05) is 44.6 Å². The number of piperazine rings is 1. The van der Waals surface area contributed by atoms with E-state index in [1.165, 1.54) is 0 Å². The number of halogens is 1. The summed E-state index contributed by atoms with van der Waals surface area (Å²) in [5, 5.41) is 14.6. The Labute approximate surface area is 233 Å². The molecule has 0 amide bonds. The van der Waals surface area contributed by atoms with Crippen LogP contribution in [-0.4, -0.2) is 71.4 Å². The minimum absolute atomic E-state index is 0.00848. The Kier molecular flexibility index (Phi) is 8.51. The minimum atomic E-state index is -0.932. The zero-order valence-corrected chi connectivity index (χ0v) is 22.3. The number of hydrogen-bond donors (Lipinski definition) is 2. The van der Waals surface area contributed by atoms with E-state index >= 15 is 0 Å². The number of carboxylic acid groups (broad SMARTS) is 1. The maximum atomic E-state index is 11.4. The first-order valence-electron chi connectivity index (χ1n) is 13.1. The molecule has 8 heteroatoms. The zero-order chi connectivity index (χ0) is 27.2. The van der Waals surface area contributed by atoms with E-state index in [1.54, 1.807) is 18.3 Å². The number of nitrogens with zero attached hydrogens (tertiary/aromatic N) is 3. The van der Waals surface area contributed by atoms with E-state index in [2.05, 4.69) is 20.1 Å². The fourth-order valence-electron chi connectivity index (χ4n) is 5.23. The van der Waals surface area contributed by atoms with Crippen molar-refractivity contribution in [1.82, 2.24) is 14.8 Å². The lowest BCUT2D eigenvalue weighted by Crippen LogP contribution is -2.48. The van der Waals surface area contributed by atoms with Crippen LogP contribution in [0.3, 0.4) is 0 Å². The number of nitrogens with one attached hydrogen (secondary N) is 1. The second kappa shape index (κ2) is 12.4. The van der Waals surface area contributed by atoms with Gasteiger partial charge in [-0.25, -0.2) is 4.79 Å². The van der Waals surface area contributed by atoms with Gasteiger partial charge in [-0.15, -0.1) is 0 Å². The Hall–Kier alpha value is -3.78. The van der Waals surface area contributed by atoms with Crippen molar-refractivity contribution in [2.24, 2.45) is 0 Å². The van der Waals surface area contributed by atoms with E-state index in [0.717, 1.165) is 79.7 Å². The zero-order valence-electron chi connectivity index (χ0n) is 21.6. The summed E-state index contributed by atoms with van der Waals surface area (Å²) in [4.78, 5) is 31.9. The first-order valence-corrected chi connectivity index (χ1v) is 13.5. The molecule has 0 saturated carbocycles. The molecular weight excluding hydrogens is 512 g/mol. The van der Waals surface area contributed by atoms with Crippen molar-refractivity contribution < 1.29 is 14.7 Å². The van der Waals surface area contributed by atoms with Crippen LogP contribution in [0.5, 0.6) is 0 Å². The van der Waals surface area contributed by atoms with Crippen LogP contribution in [0.25, 0.3) is 10.9 Å². The van der Waals surface area contributed by atoms with E-state index in [0.29, 0.717) is 10.6 Å². The van der Waals surface area contributed by atoms with Gasteiger partial charge in [0, 0.05) is 60.6 Å². The highest BCUT2D eigenvalue weighted by Crippen LogP contribution is 2.30. The molecule has 1 saturated heterocycles. The Morgan fingerprint density at radius 2 is 1.67 bits per heavy atom. The SMILES string of the molecule is O=Cc1ccc(C(c2ccc(C(=O)O)cc2)N2CCN(CCCNc3ccnc4cc(Cl)ccc34)CC2)cc1. The average molecular weight is 543 g/mol. The van der Waals surface area contributed by atoms with Crippen LogP contribution >= 0.6 is 11.6 Å². The summed E-state index contributed by atoms with van der Waals surface area (Å²) in [5.74, 6) is -0.932. The highest BCUT2D eigenvalue weighted by molar-refractivity contribution is 6.31. The van der Waals surface area contributed by atoms with Crippen LogP contribution in [0.4, 0.5) is 5.69 Å². The molecule has 1 aromatic heterocycles. The number of rotatable bonds is 10. The normalized spacial score (nSPS) is 15.2. The molecule has 4 aromatic rings. The van der Waals surface area contributed by atoms with Crippen molar-refractivity contribution in [3.63, 3.8) is 0 Å². The van der Waals surface area contributed by atoms with E-state index in [4.69, 9.17) is 11.6 Å². The van der Waals surface area contributed by atoms with Gasteiger partial charge in [0.25, 0.3) is 0 Å². The number of aldehydes is 1. The van der Waals surface area contributed by atoms with Gasteiger partial charge >= 0.3 is 5.97 Å². The number of aromatic nitrogens is 1. The number of carbonyl (C=O) groups is 2. The summed E-state index contributed by atoms with van der Waals surface area (Å²) in [6, 6.07) is 22.6. The first kappa shape index (κ1) is 26.8. The summed E-state index contributed by atoms with van der Waals surface area (Å²) < 4.78 is 0. The molecule has 0 bridgehead atoms. The molecule has 3 aromatic carbocycles. The van der Waals surface area contributed by atoms with Crippen molar-refractivity contribution in [3.8, 4) is 0 Å². The van der Waals surface area contributed by atoms with E-state index < -0.39 is 5.97 Å². The number of hydrogen-bond acceptors (Lipinski definition) is 6. The summed E-state index contributed by atoms with van der Waals surface area (Å²) in [5.41, 5.74) is 5.00. The Morgan fingerprint density at radius 1 is 0.974 bits per heavy atom. The number of carbonyl (C=O) groups excluding carboxylic acids is 1. The number of anilines is 1. The molecule has 1 unspecified atom stereocenters. The standard InChI is InChI=1S/C31H31ClN4O3/c32-26-10-11-27-28(12-14-34-29(27)20-26)33-13-1-15-35-16-18-36(19-17-35)30(23-4-2-22(21-37)3-5-23)24-6-8-25(9-7-24)31(38)39/h2-12,14,20-21,30H,1,13,15-19H2,(H,33,34)(H,38,39). The largest absolute Gasteiger partial charge is 0.478 e. The molecule has 7 nitrogen and oxygen atoms in total. The third-order valence-corrected chi connectivity index (χ3v) is 7.54. The first-order chi connectivity index (χ1) is 19.0.